The first-order valence-corrected chi connectivity index (χ1v) is 8.62. The van der Waals surface area contributed by atoms with Crippen molar-refractivity contribution in [2.75, 3.05) is 6.54 Å². The molecule has 0 saturated carbocycles. The number of nitrogens with one attached hydrogen (secondary N) is 3. The Bertz CT molecular complexity index is 1080. The largest absolute Gasteiger partial charge is 0.361 e. The van der Waals surface area contributed by atoms with Crippen LogP contribution in [0.3, 0.4) is 0 Å². The summed E-state index contributed by atoms with van der Waals surface area (Å²) in [7, 11) is 0. The maximum Gasteiger partial charge on any atom is 0.268 e. The lowest BCUT2D eigenvalue weighted by molar-refractivity contribution is 0.0949. The molecule has 0 aliphatic carbocycles. The zero-order valence-electron chi connectivity index (χ0n) is 13.8. The summed E-state index contributed by atoms with van der Waals surface area (Å²) >= 11 is 6.05. The van der Waals surface area contributed by atoms with Crippen LogP contribution in [0.25, 0.3) is 21.8 Å². The van der Waals surface area contributed by atoms with Gasteiger partial charge in [-0.1, -0.05) is 29.8 Å². The average Bonchev–Trinajstić information content (AvgIpc) is 3.17. The number of halogens is 1. The van der Waals surface area contributed by atoms with Crippen LogP contribution >= 0.6 is 11.6 Å². The summed E-state index contributed by atoms with van der Waals surface area (Å²) in [5.74, 6) is -0.0929. The SMILES string of the molecule is Cc1c(C(=O)NCCc2c[nH]c3ccccc23)[nH]c2ccc(Cl)cc12. The fourth-order valence-electron chi connectivity index (χ4n) is 3.26. The number of aromatic nitrogens is 2. The molecule has 25 heavy (non-hydrogen) atoms. The number of aryl methyl sites for hydroxylation is 1. The molecule has 5 heteroatoms. The van der Waals surface area contributed by atoms with Gasteiger partial charge in [-0.3, -0.25) is 4.79 Å². The molecule has 0 aliphatic heterocycles. The molecule has 2 heterocycles. The highest BCUT2D eigenvalue weighted by Gasteiger charge is 2.14. The predicted octanol–water partition coefficient (Wildman–Crippen LogP) is 4.58. The van der Waals surface area contributed by atoms with E-state index in [0.717, 1.165) is 28.4 Å². The summed E-state index contributed by atoms with van der Waals surface area (Å²) in [6.07, 6.45) is 2.79. The lowest BCUT2D eigenvalue weighted by Gasteiger charge is -2.04. The van der Waals surface area contributed by atoms with Crippen molar-refractivity contribution in [3.63, 3.8) is 0 Å². The molecule has 0 radical (unpaired) electrons. The molecule has 4 nitrogen and oxygen atoms in total. The van der Waals surface area contributed by atoms with Crippen molar-refractivity contribution >= 4 is 39.3 Å². The second kappa shape index (κ2) is 6.30. The molecule has 0 unspecified atom stereocenters. The minimum absolute atomic E-state index is 0.0929. The molecule has 1 amide bonds. The third kappa shape index (κ3) is 2.89. The molecule has 2 aromatic heterocycles. The van der Waals surface area contributed by atoms with Gasteiger partial charge in [0.1, 0.15) is 5.69 Å². The summed E-state index contributed by atoms with van der Waals surface area (Å²) in [5.41, 5.74) is 4.75. The van der Waals surface area contributed by atoms with E-state index in [1.807, 2.05) is 43.5 Å². The Morgan fingerprint density at radius 2 is 1.96 bits per heavy atom. The lowest BCUT2D eigenvalue weighted by Crippen LogP contribution is -2.26. The number of aromatic amines is 2. The minimum atomic E-state index is -0.0929. The van der Waals surface area contributed by atoms with E-state index in [1.54, 1.807) is 0 Å². The van der Waals surface area contributed by atoms with Crippen molar-refractivity contribution < 1.29 is 4.79 Å². The number of rotatable bonds is 4. The molecule has 3 N–H and O–H groups in total. The Balaban J connectivity index is 1.48. The molecule has 0 bridgehead atoms. The number of carbonyl (C=O) groups is 1. The fraction of sp³-hybridized carbons (Fsp3) is 0.150. The highest BCUT2D eigenvalue weighted by molar-refractivity contribution is 6.31. The first-order valence-electron chi connectivity index (χ1n) is 8.24. The maximum atomic E-state index is 12.5. The van der Waals surface area contributed by atoms with Crippen LogP contribution in [0, 0.1) is 6.92 Å². The van der Waals surface area contributed by atoms with Crippen molar-refractivity contribution in [1.29, 1.82) is 0 Å². The zero-order chi connectivity index (χ0) is 17.4. The fourth-order valence-corrected chi connectivity index (χ4v) is 3.44. The van der Waals surface area contributed by atoms with Crippen LogP contribution in [0.1, 0.15) is 21.6 Å². The normalized spacial score (nSPS) is 11.3. The molecule has 0 aliphatic rings. The van der Waals surface area contributed by atoms with Crippen LogP contribution in [0.2, 0.25) is 5.02 Å². The minimum Gasteiger partial charge on any atom is -0.361 e. The van der Waals surface area contributed by atoms with Crippen LogP contribution in [0.15, 0.2) is 48.7 Å². The molecule has 0 fully saturated rings. The summed E-state index contributed by atoms with van der Waals surface area (Å²) in [6.45, 7) is 2.51. The number of para-hydroxylation sites is 1. The van der Waals surface area contributed by atoms with Crippen molar-refractivity contribution in [2.45, 2.75) is 13.3 Å². The standard InChI is InChI=1S/C20H18ClN3O/c1-12-16-10-14(21)6-7-18(16)24-19(12)20(25)22-9-8-13-11-23-17-5-3-2-4-15(13)17/h2-7,10-11,23-24H,8-9H2,1H3,(H,22,25). The van der Waals surface area contributed by atoms with E-state index in [2.05, 4.69) is 27.4 Å². The number of carbonyl (C=O) groups excluding carboxylic acids is 1. The van der Waals surface area contributed by atoms with E-state index >= 15 is 0 Å². The zero-order valence-corrected chi connectivity index (χ0v) is 14.6. The van der Waals surface area contributed by atoms with Gasteiger partial charge in [-0.2, -0.15) is 0 Å². The number of hydrogen-bond donors (Lipinski definition) is 3. The molecule has 0 atom stereocenters. The number of amides is 1. The monoisotopic (exact) mass is 351 g/mol. The van der Waals surface area contributed by atoms with Gasteiger partial charge in [0.25, 0.3) is 5.91 Å². The second-order valence-corrected chi connectivity index (χ2v) is 6.62. The van der Waals surface area contributed by atoms with E-state index in [1.165, 1.54) is 10.9 Å². The number of fused-ring (bicyclic) bond motifs is 2. The number of benzene rings is 2. The quantitative estimate of drug-likeness (QED) is 0.495. The molecule has 4 rings (SSSR count). The summed E-state index contributed by atoms with van der Waals surface area (Å²) in [5, 5.41) is 5.85. The summed E-state index contributed by atoms with van der Waals surface area (Å²) in [6, 6.07) is 13.8. The highest BCUT2D eigenvalue weighted by atomic mass is 35.5. The van der Waals surface area contributed by atoms with Gasteiger partial charge >= 0.3 is 0 Å². The first-order chi connectivity index (χ1) is 12.1. The van der Waals surface area contributed by atoms with E-state index in [-0.39, 0.29) is 5.91 Å². The van der Waals surface area contributed by atoms with Gasteiger partial charge in [0.05, 0.1) is 0 Å². The van der Waals surface area contributed by atoms with E-state index in [0.29, 0.717) is 17.3 Å². The molecule has 126 valence electrons. The smallest absolute Gasteiger partial charge is 0.268 e. The van der Waals surface area contributed by atoms with Crippen molar-refractivity contribution in [3.05, 3.63) is 70.5 Å². The van der Waals surface area contributed by atoms with Crippen molar-refractivity contribution in [3.8, 4) is 0 Å². The first kappa shape index (κ1) is 15.8. The Labute approximate surface area is 150 Å². The third-order valence-electron chi connectivity index (χ3n) is 4.60. The summed E-state index contributed by atoms with van der Waals surface area (Å²) < 4.78 is 0. The van der Waals surface area contributed by atoms with Crippen LogP contribution < -0.4 is 5.32 Å². The molecule has 0 spiro atoms. The molecule has 0 saturated heterocycles. The van der Waals surface area contributed by atoms with Crippen LogP contribution in [0.4, 0.5) is 0 Å². The van der Waals surface area contributed by atoms with Gasteiger partial charge in [-0.25, -0.2) is 0 Å². The van der Waals surface area contributed by atoms with E-state index in [9.17, 15) is 4.79 Å². The highest BCUT2D eigenvalue weighted by Crippen LogP contribution is 2.25. The Morgan fingerprint density at radius 1 is 1.12 bits per heavy atom. The Kier molecular flexibility index (Phi) is 3.98. The number of hydrogen-bond acceptors (Lipinski definition) is 1. The van der Waals surface area contributed by atoms with Crippen molar-refractivity contribution in [1.82, 2.24) is 15.3 Å². The Morgan fingerprint density at radius 3 is 2.84 bits per heavy atom. The van der Waals surface area contributed by atoms with Gasteiger partial charge < -0.3 is 15.3 Å². The second-order valence-electron chi connectivity index (χ2n) is 6.18. The number of H-pyrrole nitrogens is 2. The van der Waals surface area contributed by atoms with Gasteiger partial charge in [0.15, 0.2) is 0 Å². The van der Waals surface area contributed by atoms with Gasteiger partial charge in [0.2, 0.25) is 0 Å². The van der Waals surface area contributed by atoms with Crippen LogP contribution in [0.5, 0.6) is 0 Å². The van der Waals surface area contributed by atoms with Crippen LogP contribution in [-0.4, -0.2) is 22.4 Å². The predicted molar refractivity (Wildman–Crippen MR) is 102 cm³/mol. The van der Waals surface area contributed by atoms with Gasteiger partial charge in [0, 0.05) is 39.6 Å². The maximum absolute atomic E-state index is 12.5. The average molecular weight is 352 g/mol. The van der Waals surface area contributed by atoms with Gasteiger partial charge in [-0.15, -0.1) is 0 Å². The topological polar surface area (TPSA) is 60.7 Å². The Hall–Kier alpha value is -2.72. The van der Waals surface area contributed by atoms with E-state index in [4.69, 9.17) is 11.6 Å². The molecule has 2 aromatic carbocycles. The molecular weight excluding hydrogens is 334 g/mol. The molecule has 4 aromatic rings. The van der Waals surface area contributed by atoms with E-state index < -0.39 is 0 Å². The third-order valence-corrected chi connectivity index (χ3v) is 4.84. The lowest BCUT2D eigenvalue weighted by atomic mass is 10.1. The van der Waals surface area contributed by atoms with Crippen molar-refractivity contribution in [2.24, 2.45) is 0 Å². The van der Waals surface area contributed by atoms with Gasteiger partial charge in [-0.05, 0) is 48.7 Å². The summed E-state index contributed by atoms with van der Waals surface area (Å²) in [4.78, 5) is 19.0. The molecular formula is C20H18ClN3O. The van der Waals surface area contributed by atoms with Crippen LogP contribution in [-0.2, 0) is 6.42 Å².